The van der Waals surface area contributed by atoms with Gasteiger partial charge in [-0.05, 0) is 33.6 Å². The molecular formula is C14H23N3OS. The third-order valence-electron chi connectivity index (χ3n) is 3.87. The molecule has 0 aliphatic carbocycles. The van der Waals surface area contributed by atoms with Crippen LogP contribution < -0.4 is 5.32 Å². The number of thiazole rings is 1. The zero-order valence-corrected chi connectivity index (χ0v) is 13.0. The Balaban J connectivity index is 2.18. The Morgan fingerprint density at radius 2 is 2.21 bits per heavy atom. The van der Waals surface area contributed by atoms with Crippen LogP contribution in [0.3, 0.4) is 0 Å². The summed E-state index contributed by atoms with van der Waals surface area (Å²) in [6.45, 7) is 9.48. The molecule has 2 aromatic rings. The molecule has 0 saturated heterocycles. The fourth-order valence-electron chi connectivity index (χ4n) is 2.26. The number of rotatable bonds is 6. The van der Waals surface area contributed by atoms with Crippen LogP contribution in [0.25, 0.3) is 4.96 Å². The van der Waals surface area contributed by atoms with E-state index in [9.17, 15) is 0 Å². The second kappa shape index (κ2) is 5.61. The molecular weight excluding hydrogens is 258 g/mol. The molecule has 19 heavy (non-hydrogen) atoms. The van der Waals surface area contributed by atoms with E-state index in [2.05, 4.69) is 48.6 Å². The third-order valence-corrected chi connectivity index (χ3v) is 4.77. The fourth-order valence-corrected chi connectivity index (χ4v) is 3.15. The Bertz CT molecular complexity index is 560. The van der Waals surface area contributed by atoms with Crippen molar-refractivity contribution in [3.63, 3.8) is 0 Å². The zero-order valence-electron chi connectivity index (χ0n) is 12.2. The molecule has 2 heterocycles. The number of aryl methyl sites for hydroxylation is 2. The van der Waals surface area contributed by atoms with Gasteiger partial charge in [0.25, 0.3) is 0 Å². The number of nitrogens with zero attached hydrogens (tertiary/aromatic N) is 2. The third kappa shape index (κ3) is 2.99. The second-order valence-electron chi connectivity index (χ2n) is 5.38. The molecule has 1 atom stereocenters. The smallest absolute Gasteiger partial charge is 0.194 e. The van der Waals surface area contributed by atoms with E-state index in [4.69, 9.17) is 5.11 Å². The van der Waals surface area contributed by atoms with Crippen molar-refractivity contribution in [3.8, 4) is 0 Å². The number of hydrogen-bond acceptors (Lipinski definition) is 4. The maximum atomic E-state index is 9.16. The minimum Gasteiger partial charge on any atom is -0.396 e. The Morgan fingerprint density at radius 3 is 2.84 bits per heavy atom. The first-order valence-electron chi connectivity index (χ1n) is 6.79. The van der Waals surface area contributed by atoms with Crippen molar-refractivity contribution in [2.45, 2.75) is 52.6 Å². The van der Waals surface area contributed by atoms with E-state index in [0.29, 0.717) is 0 Å². The summed E-state index contributed by atoms with van der Waals surface area (Å²) in [5.74, 6) is 0. The van der Waals surface area contributed by atoms with Crippen molar-refractivity contribution < 1.29 is 5.11 Å². The van der Waals surface area contributed by atoms with Crippen LogP contribution >= 0.6 is 11.3 Å². The summed E-state index contributed by atoms with van der Waals surface area (Å²) in [6, 6.07) is 0. The lowest BCUT2D eigenvalue weighted by Crippen LogP contribution is -2.42. The van der Waals surface area contributed by atoms with E-state index in [1.807, 2.05) is 0 Å². The Kier molecular flexibility index (Phi) is 4.28. The van der Waals surface area contributed by atoms with Crippen LogP contribution in [0.4, 0.5) is 0 Å². The number of fused-ring (bicyclic) bond motifs is 1. The predicted octanol–water partition coefficient (Wildman–Crippen LogP) is 2.65. The van der Waals surface area contributed by atoms with Gasteiger partial charge in [0.15, 0.2) is 4.96 Å². The van der Waals surface area contributed by atoms with Gasteiger partial charge >= 0.3 is 0 Å². The van der Waals surface area contributed by atoms with Crippen LogP contribution in [0.5, 0.6) is 0 Å². The first-order valence-corrected chi connectivity index (χ1v) is 7.60. The van der Waals surface area contributed by atoms with Crippen molar-refractivity contribution in [1.82, 2.24) is 14.7 Å². The van der Waals surface area contributed by atoms with Crippen LogP contribution in [0.1, 0.15) is 43.0 Å². The molecule has 0 fully saturated rings. The summed E-state index contributed by atoms with van der Waals surface area (Å²) in [4.78, 5) is 6.94. The highest BCUT2D eigenvalue weighted by Crippen LogP contribution is 2.22. The van der Waals surface area contributed by atoms with Crippen molar-refractivity contribution >= 4 is 16.3 Å². The first-order chi connectivity index (χ1) is 8.99. The molecule has 4 nitrogen and oxygen atoms in total. The van der Waals surface area contributed by atoms with Crippen molar-refractivity contribution in [1.29, 1.82) is 0 Å². The molecule has 0 aliphatic rings. The molecule has 0 aliphatic heterocycles. The summed E-state index contributed by atoms with van der Waals surface area (Å²) in [5.41, 5.74) is 2.29. The maximum absolute atomic E-state index is 9.16. The summed E-state index contributed by atoms with van der Waals surface area (Å²) in [5, 5.41) is 12.7. The van der Waals surface area contributed by atoms with Gasteiger partial charge in [0.05, 0.1) is 11.4 Å². The zero-order chi connectivity index (χ0) is 14.0. The summed E-state index contributed by atoms with van der Waals surface area (Å²) < 4.78 is 2.18. The van der Waals surface area contributed by atoms with Crippen LogP contribution in [0, 0.1) is 13.8 Å². The Morgan fingerprint density at radius 1 is 1.47 bits per heavy atom. The minimum atomic E-state index is -0.0175. The minimum absolute atomic E-state index is 0.0175. The molecule has 0 spiro atoms. The number of aromatic nitrogens is 2. The van der Waals surface area contributed by atoms with Crippen LogP contribution in [-0.2, 0) is 6.54 Å². The Hall–Kier alpha value is -0.910. The van der Waals surface area contributed by atoms with E-state index in [1.54, 1.807) is 11.3 Å². The first kappa shape index (κ1) is 14.5. The van der Waals surface area contributed by atoms with E-state index in [1.165, 1.54) is 10.6 Å². The monoisotopic (exact) mass is 281 g/mol. The number of aliphatic hydroxyl groups is 1. The van der Waals surface area contributed by atoms with Crippen LogP contribution in [0.2, 0.25) is 0 Å². The highest BCUT2D eigenvalue weighted by atomic mass is 32.1. The maximum Gasteiger partial charge on any atom is 0.194 e. The van der Waals surface area contributed by atoms with Gasteiger partial charge in [-0.3, -0.25) is 4.40 Å². The van der Waals surface area contributed by atoms with Crippen LogP contribution in [-0.4, -0.2) is 26.6 Å². The molecule has 106 valence electrons. The lowest BCUT2D eigenvalue weighted by Gasteiger charge is -2.29. The molecule has 0 aromatic carbocycles. The van der Waals surface area contributed by atoms with Gasteiger partial charge < -0.3 is 10.4 Å². The quantitative estimate of drug-likeness (QED) is 0.856. The van der Waals surface area contributed by atoms with Gasteiger partial charge in [-0.15, -0.1) is 11.3 Å². The predicted molar refractivity (Wildman–Crippen MR) is 79.8 cm³/mol. The molecule has 0 bridgehead atoms. The normalized spacial score (nSPS) is 15.0. The van der Waals surface area contributed by atoms with Gasteiger partial charge in [0.1, 0.15) is 0 Å². The molecule has 0 radical (unpaired) electrons. The summed E-state index contributed by atoms with van der Waals surface area (Å²) >= 11 is 1.72. The lowest BCUT2D eigenvalue weighted by molar-refractivity contribution is 0.214. The van der Waals surface area contributed by atoms with Gasteiger partial charge in [-0.25, -0.2) is 4.98 Å². The fraction of sp³-hybridized carbons (Fsp3) is 0.643. The van der Waals surface area contributed by atoms with Gasteiger partial charge in [0.2, 0.25) is 0 Å². The average Bonchev–Trinajstić information content (AvgIpc) is 2.83. The standard InChI is InChI=1S/C14H23N3OS/c1-5-14(4,6-7-18)15-8-12-11(3)16-13-17(12)9-10(2)19-13/h9,15,18H,5-8H2,1-4H3. The lowest BCUT2D eigenvalue weighted by atomic mass is 9.95. The highest BCUT2D eigenvalue weighted by molar-refractivity contribution is 7.17. The number of imidazole rings is 1. The van der Waals surface area contributed by atoms with E-state index in [-0.39, 0.29) is 12.1 Å². The Labute approximate surface area is 118 Å². The highest BCUT2D eigenvalue weighted by Gasteiger charge is 2.22. The molecule has 1 unspecified atom stereocenters. The molecule has 2 rings (SSSR count). The van der Waals surface area contributed by atoms with Crippen molar-refractivity contribution in [3.05, 3.63) is 22.5 Å². The molecule has 0 saturated carbocycles. The SMILES string of the molecule is CCC(C)(CCO)NCc1c(C)nc2sc(C)cn12. The number of hydrogen-bond donors (Lipinski definition) is 2. The topological polar surface area (TPSA) is 49.6 Å². The molecule has 5 heteroatoms. The van der Waals surface area contributed by atoms with Gasteiger partial charge in [-0.2, -0.15) is 0 Å². The van der Waals surface area contributed by atoms with Crippen molar-refractivity contribution in [2.75, 3.05) is 6.61 Å². The van der Waals surface area contributed by atoms with E-state index < -0.39 is 0 Å². The number of aliphatic hydroxyl groups excluding tert-OH is 1. The molecule has 2 aromatic heterocycles. The second-order valence-corrected chi connectivity index (χ2v) is 6.59. The van der Waals surface area contributed by atoms with E-state index >= 15 is 0 Å². The van der Waals surface area contributed by atoms with Crippen LogP contribution in [0.15, 0.2) is 6.20 Å². The van der Waals surface area contributed by atoms with E-state index in [0.717, 1.165) is 30.0 Å². The summed E-state index contributed by atoms with van der Waals surface area (Å²) in [7, 11) is 0. The molecule has 0 amide bonds. The molecule has 2 N–H and O–H groups in total. The van der Waals surface area contributed by atoms with Gasteiger partial charge in [-0.1, -0.05) is 6.92 Å². The number of nitrogens with one attached hydrogen (secondary N) is 1. The van der Waals surface area contributed by atoms with Gasteiger partial charge in [0, 0.05) is 29.8 Å². The summed E-state index contributed by atoms with van der Waals surface area (Å²) in [6.07, 6.45) is 3.91. The largest absolute Gasteiger partial charge is 0.396 e. The van der Waals surface area contributed by atoms with Crippen molar-refractivity contribution in [2.24, 2.45) is 0 Å². The average molecular weight is 281 g/mol.